The molecule has 33 heavy (non-hydrogen) atoms. The predicted molar refractivity (Wildman–Crippen MR) is 128 cm³/mol. The maximum absolute atomic E-state index is 12.5. The van der Waals surface area contributed by atoms with Gasteiger partial charge in [-0.15, -0.1) is 0 Å². The molecule has 3 aromatic carbocycles. The van der Waals surface area contributed by atoms with Crippen LogP contribution in [0.4, 0.5) is 5.69 Å². The summed E-state index contributed by atoms with van der Waals surface area (Å²) in [7, 11) is -3.58. The Morgan fingerprint density at radius 3 is 2.00 bits per heavy atom. The number of ether oxygens (including phenoxy) is 2. The lowest BCUT2D eigenvalue weighted by atomic mass is 10.2. The molecule has 0 aromatic heterocycles. The van der Waals surface area contributed by atoms with Crippen LogP contribution in [0.25, 0.3) is 0 Å². The summed E-state index contributed by atoms with van der Waals surface area (Å²) in [6.45, 7) is 4.50. The van der Waals surface area contributed by atoms with Gasteiger partial charge in [-0.2, -0.15) is 0 Å². The Hall–Kier alpha value is -3.36. The number of nitrogens with one attached hydrogen (secondary N) is 2. The fourth-order valence-corrected chi connectivity index (χ4v) is 4.20. The number of amides is 1. The standard InChI is InChI=1S/C25H28N2O5S/c1-3-19(2)27-33(29,30)24-15-11-21(12-16-24)26-25(28)20-9-13-23(14-10-20)32-18-17-31-22-7-5-4-6-8-22/h4-16,19,27H,3,17-18H2,1-2H3,(H,26,28). The molecule has 0 heterocycles. The van der Waals surface area contributed by atoms with Crippen LogP contribution in [0.15, 0.2) is 83.8 Å². The van der Waals surface area contributed by atoms with Crippen LogP contribution in [0.1, 0.15) is 30.6 Å². The first-order valence-electron chi connectivity index (χ1n) is 10.7. The lowest BCUT2D eigenvalue weighted by molar-refractivity contribution is 0.102. The summed E-state index contributed by atoms with van der Waals surface area (Å²) in [6.07, 6.45) is 0.693. The van der Waals surface area contributed by atoms with Gasteiger partial charge in [-0.25, -0.2) is 13.1 Å². The molecule has 1 amide bonds. The zero-order valence-corrected chi connectivity index (χ0v) is 19.5. The van der Waals surface area contributed by atoms with Gasteiger partial charge in [0.25, 0.3) is 5.91 Å². The highest BCUT2D eigenvalue weighted by Gasteiger charge is 2.16. The van der Waals surface area contributed by atoms with Crippen LogP contribution in [0, 0.1) is 0 Å². The van der Waals surface area contributed by atoms with Gasteiger partial charge >= 0.3 is 0 Å². The number of hydrogen-bond acceptors (Lipinski definition) is 5. The van der Waals surface area contributed by atoms with Gasteiger partial charge in [0.1, 0.15) is 24.7 Å². The fraction of sp³-hybridized carbons (Fsp3) is 0.240. The molecule has 0 bridgehead atoms. The minimum Gasteiger partial charge on any atom is -0.490 e. The number of benzene rings is 3. The van der Waals surface area contributed by atoms with E-state index >= 15 is 0 Å². The molecule has 7 nitrogen and oxygen atoms in total. The van der Waals surface area contributed by atoms with Crippen molar-refractivity contribution in [2.45, 2.75) is 31.2 Å². The number of carbonyl (C=O) groups is 1. The molecule has 3 rings (SSSR count). The molecule has 1 atom stereocenters. The van der Waals surface area contributed by atoms with Gasteiger partial charge in [0.15, 0.2) is 0 Å². The normalized spacial score (nSPS) is 12.1. The molecule has 0 fully saturated rings. The second-order valence-electron chi connectivity index (χ2n) is 7.44. The van der Waals surface area contributed by atoms with Crippen LogP contribution in [0.5, 0.6) is 11.5 Å². The predicted octanol–water partition coefficient (Wildman–Crippen LogP) is 4.47. The molecule has 0 aliphatic heterocycles. The summed E-state index contributed by atoms with van der Waals surface area (Å²) in [5.41, 5.74) is 0.957. The maximum atomic E-state index is 12.5. The van der Waals surface area contributed by atoms with Crippen molar-refractivity contribution >= 4 is 21.6 Å². The summed E-state index contributed by atoms with van der Waals surface area (Å²) in [4.78, 5) is 12.7. The number of rotatable bonds is 11. The third kappa shape index (κ3) is 7.34. The Balaban J connectivity index is 1.50. The summed E-state index contributed by atoms with van der Waals surface area (Å²) < 4.78 is 38.5. The van der Waals surface area contributed by atoms with Crippen LogP contribution in [-0.4, -0.2) is 33.6 Å². The van der Waals surface area contributed by atoms with E-state index in [2.05, 4.69) is 10.0 Å². The maximum Gasteiger partial charge on any atom is 0.255 e. The SMILES string of the molecule is CCC(C)NS(=O)(=O)c1ccc(NC(=O)c2ccc(OCCOc3ccccc3)cc2)cc1. The number of para-hydroxylation sites is 1. The monoisotopic (exact) mass is 468 g/mol. The Morgan fingerprint density at radius 1 is 0.848 bits per heavy atom. The first-order chi connectivity index (χ1) is 15.9. The van der Waals surface area contributed by atoms with Gasteiger partial charge in [0, 0.05) is 17.3 Å². The minimum absolute atomic E-state index is 0.151. The lowest BCUT2D eigenvalue weighted by Gasteiger charge is -2.12. The third-order valence-electron chi connectivity index (χ3n) is 4.87. The highest BCUT2D eigenvalue weighted by atomic mass is 32.2. The van der Waals surface area contributed by atoms with E-state index in [9.17, 15) is 13.2 Å². The molecular formula is C25H28N2O5S. The average molecular weight is 469 g/mol. The van der Waals surface area contributed by atoms with E-state index in [1.54, 1.807) is 43.3 Å². The van der Waals surface area contributed by atoms with Crippen LogP contribution >= 0.6 is 0 Å². The molecule has 0 saturated carbocycles. The van der Waals surface area contributed by atoms with Crippen LogP contribution < -0.4 is 19.5 Å². The molecule has 0 radical (unpaired) electrons. The van der Waals surface area contributed by atoms with Gasteiger partial charge in [0.2, 0.25) is 10.0 Å². The Morgan fingerprint density at radius 2 is 1.42 bits per heavy atom. The van der Waals surface area contributed by atoms with Gasteiger partial charge in [-0.1, -0.05) is 25.1 Å². The van der Waals surface area contributed by atoms with Crippen LogP contribution in [-0.2, 0) is 10.0 Å². The van der Waals surface area contributed by atoms with E-state index in [1.807, 2.05) is 37.3 Å². The van der Waals surface area contributed by atoms with Gasteiger partial charge < -0.3 is 14.8 Å². The zero-order chi connectivity index (χ0) is 23.7. The molecule has 1 unspecified atom stereocenters. The van der Waals surface area contributed by atoms with Crippen molar-refractivity contribution in [3.8, 4) is 11.5 Å². The second kappa shape index (κ2) is 11.5. The van der Waals surface area contributed by atoms with E-state index in [4.69, 9.17) is 9.47 Å². The molecule has 8 heteroatoms. The van der Waals surface area contributed by atoms with Crippen molar-refractivity contribution in [2.24, 2.45) is 0 Å². The van der Waals surface area contributed by atoms with Crippen molar-refractivity contribution in [3.05, 3.63) is 84.4 Å². The quantitative estimate of drug-likeness (QED) is 0.405. The number of carbonyl (C=O) groups excluding carboxylic acids is 1. The first kappa shape index (κ1) is 24.3. The molecule has 174 valence electrons. The van der Waals surface area contributed by atoms with Gasteiger partial charge in [-0.3, -0.25) is 4.79 Å². The average Bonchev–Trinajstić information content (AvgIpc) is 2.83. The summed E-state index contributed by atoms with van der Waals surface area (Å²) >= 11 is 0. The molecule has 0 aliphatic rings. The molecule has 3 aromatic rings. The first-order valence-corrected chi connectivity index (χ1v) is 12.2. The molecule has 0 saturated heterocycles. The number of hydrogen-bond donors (Lipinski definition) is 2. The Labute approximate surface area is 194 Å². The van der Waals surface area contributed by atoms with E-state index in [0.717, 1.165) is 5.75 Å². The molecule has 0 aliphatic carbocycles. The van der Waals surface area contributed by atoms with E-state index in [0.29, 0.717) is 36.6 Å². The van der Waals surface area contributed by atoms with E-state index < -0.39 is 10.0 Å². The second-order valence-corrected chi connectivity index (χ2v) is 9.16. The summed E-state index contributed by atoms with van der Waals surface area (Å²) in [6, 6.07) is 22.2. The molecule has 2 N–H and O–H groups in total. The van der Waals surface area contributed by atoms with Gasteiger partial charge in [0.05, 0.1) is 4.90 Å². The lowest BCUT2D eigenvalue weighted by Crippen LogP contribution is -2.31. The Kier molecular flexibility index (Phi) is 8.46. The van der Waals surface area contributed by atoms with Crippen molar-refractivity contribution in [3.63, 3.8) is 0 Å². The molecular weight excluding hydrogens is 440 g/mol. The Bertz CT molecular complexity index is 1130. The summed E-state index contributed by atoms with van der Waals surface area (Å²) in [5.74, 6) is 1.11. The number of sulfonamides is 1. The topological polar surface area (TPSA) is 93.7 Å². The van der Waals surface area contributed by atoms with Crippen molar-refractivity contribution < 1.29 is 22.7 Å². The summed E-state index contributed by atoms with van der Waals surface area (Å²) in [5, 5.41) is 2.76. The highest BCUT2D eigenvalue weighted by Crippen LogP contribution is 2.17. The highest BCUT2D eigenvalue weighted by molar-refractivity contribution is 7.89. The smallest absolute Gasteiger partial charge is 0.255 e. The third-order valence-corrected chi connectivity index (χ3v) is 6.48. The van der Waals surface area contributed by atoms with Crippen molar-refractivity contribution in [2.75, 3.05) is 18.5 Å². The van der Waals surface area contributed by atoms with Crippen molar-refractivity contribution in [1.82, 2.24) is 4.72 Å². The minimum atomic E-state index is -3.58. The van der Waals surface area contributed by atoms with E-state index in [-0.39, 0.29) is 16.8 Å². The van der Waals surface area contributed by atoms with Crippen LogP contribution in [0.3, 0.4) is 0 Å². The molecule has 0 spiro atoms. The van der Waals surface area contributed by atoms with Gasteiger partial charge in [-0.05, 0) is 74.0 Å². The van der Waals surface area contributed by atoms with Crippen LogP contribution in [0.2, 0.25) is 0 Å². The zero-order valence-electron chi connectivity index (χ0n) is 18.7. The van der Waals surface area contributed by atoms with E-state index in [1.165, 1.54) is 12.1 Å². The van der Waals surface area contributed by atoms with Crippen molar-refractivity contribution in [1.29, 1.82) is 0 Å². The number of anilines is 1. The fourth-order valence-electron chi connectivity index (χ4n) is 2.88. The largest absolute Gasteiger partial charge is 0.490 e.